The molecule has 144 valence electrons. The van der Waals surface area contributed by atoms with Gasteiger partial charge in [-0.3, -0.25) is 0 Å². The van der Waals surface area contributed by atoms with E-state index in [0.717, 1.165) is 20.9 Å². The van der Waals surface area contributed by atoms with Crippen LogP contribution in [0, 0.1) is 5.82 Å². The summed E-state index contributed by atoms with van der Waals surface area (Å²) in [5.74, 6) is -0.588. The third-order valence-electron chi connectivity index (χ3n) is 5.42. The van der Waals surface area contributed by atoms with E-state index in [1.54, 1.807) is 17.8 Å². The summed E-state index contributed by atoms with van der Waals surface area (Å²) in [5.41, 5.74) is 1.59. The molecular weight excluding hydrogens is 369 g/mol. The number of rotatable bonds is 5. The Hall–Kier alpha value is -2.14. The molecule has 1 N–H and O–H groups in total. The molecule has 1 heterocycles. The van der Waals surface area contributed by atoms with E-state index in [1.807, 2.05) is 44.4 Å². The van der Waals surface area contributed by atoms with Gasteiger partial charge in [0.1, 0.15) is 11.4 Å². The minimum Gasteiger partial charge on any atom is -0.384 e. The van der Waals surface area contributed by atoms with E-state index in [0.29, 0.717) is 18.5 Å². The first-order valence-electron chi connectivity index (χ1n) is 9.48. The van der Waals surface area contributed by atoms with Gasteiger partial charge in [0.2, 0.25) is 0 Å². The van der Waals surface area contributed by atoms with Gasteiger partial charge in [0.05, 0.1) is 0 Å². The van der Waals surface area contributed by atoms with Crippen molar-refractivity contribution in [2.75, 3.05) is 20.6 Å². The maximum Gasteiger partial charge on any atom is 0.123 e. The van der Waals surface area contributed by atoms with E-state index < -0.39 is 5.60 Å². The van der Waals surface area contributed by atoms with Crippen LogP contribution in [0.4, 0.5) is 4.39 Å². The van der Waals surface area contributed by atoms with Crippen molar-refractivity contribution < 1.29 is 9.50 Å². The lowest BCUT2D eigenvalue weighted by atomic mass is 9.71. The Labute approximate surface area is 170 Å². The molecular formula is C24H24FNOS. The largest absolute Gasteiger partial charge is 0.384 e. The summed E-state index contributed by atoms with van der Waals surface area (Å²) in [7, 11) is 3.98. The Morgan fingerprint density at radius 1 is 0.929 bits per heavy atom. The minimum absolute atomic E-state index is 0.261. The fraction of sp³-hybridized carbons (Fsp3) is 0.250. The van der Waals surface area contributed by atoms with Crippen LogP contribution in [0.3, 0.4) is 0 Å². The van der Waals surface area contributed by atoms with E-state index in [-0.39, 0.29) is 11.7 Å². The Morgan fingerprint density at radius 3 is 2.11 bits per heavy atom. The molecule has 0 fully saturated rings. The van der Waals surface area contributed by atoms with E-state index in [9.17, 15) is 9.50 Å². The predicted octanol–water partition coefficient (Wildman–Crippen LogP) is 5.26. The van der Waals surface area contributed by atoms with Gasteiger partial charge in [-0.2, -0.15) is 0 Å². The summed E-state index contributed by atoms with van der Waals surface area (Å²) in [5, 5.41) is 12.2. The summed E-state index contributed by atoms with van der Waals surface area (Å²) in [4.78, 5) is 4.34. The summed E-state index contributed by atoms with van der Waals surface area (Å²) < 4.78 is 14.1. The lowest BCUT2D eigenvalue weighted by Gasteiger charge is -2.41. The molecule has 0 aliphatic carbocycles. The molecule has 2 nitrogen and oxygen atoms in total. The molecule has 1 aliphatic heterocycles. The standard InChI is InChI=1S/C24H24FNOS/c1-26(2)15-14-24(27,17-8-7-9-18(25)16-17)23-19-10-3-5-12-21(19)28-22-13-6-4-11-20(22)23/h3-13,16,23,27H,14-15H2,1-2H3. The van der Waals surface area contributed by atoms with Crippen LogP contribution >= 0.6 is 11.8 Å². The first kappa shape index (κ1) is 19.2. The third-order valence-corrected chi connectivity index (χ3v) is 6.61. The highest BCUT2D eigenvalue weighted by atomic mass is 32.2. The van der Waals surface area contributed by atoms with Crippen molar-refractivity contribution in [3.05, 3.63) is 95.3 Å². The maximum absolute atomic E-state index is 14.1. The zero-order valence-corrected chi connectivity index (χ0v) is 16.9. The monoisotopic (exact) mass is 393 g/mol. The quantitative estimate of drug-likeness (QED) is 0.639. The smallest absolute Gasteiger partial charge is 0.123 e. The van der Waals surface area contributed by atoms with Gasteiger partial charge in [-0.15, -0.1) is 0 Å². The van der Waals surface area contributed by atoms with Gasteiger partial charge in [-0.1, -0.05) is 60.3 Å². The molecule has 0 radical (unpaired) electrons. The van der Waals surface area contributed by atoms with E-state index in [2.05, 4.69) is 29.2 Å². The third kappa shape index (κ3) is 3.48. The van der Waals surface area contributed by atoms with Gasteiger partial charge >= 0.3 is 0 Å². The van der Waals surface area contributed by atoms with Crippen molar-refractivity contribution in [2.24, 2.45) is 0 Å². The number of hydrogen-bond acceptors (Lipinski definition) is 3. The highest BCUT2D eigenvalue weighted by Crippen LogP contribution is 2.53. The summed E-state index contributed by atoms with van der Waals surface area (Å²) >= 11 is 1.73. The number of aliphatic hydroxyl groups is 1. The van der Waals surface area contributed by atoms with Gasteiger partial charge in [0.25, 0.3) is 0 Å². The van der Waals surface area contributed by atoms with Gasteiger partial charge in [-0.25, -0.2) is 4.39 Å². The topological polar surface area (TPSA) is 23.5 Å². The first-order valence-corrected chi connectivity index (χ1v) is 10.3. The SMILES string of the molecule is CN(C)CCC(O)(c1cccc(F)c1)C1c2ccccc2Sc2ccccc21. The predicted molar refractivity (Wildman–Crippen MR) is 112 cm³/mol. The molecule has 0 amide bonds. The highest BCUT2D eigenvalue weighted by Gasteiger charge is 2.44. The number of benzene rings is 3. The van der Waals surface area contributed by atoms with Crippen LogP contribution in [0.5, 0.6) is 0 Å². The van der Waals surface area contributed by atoms with Crippen LogP contribution in [0.1, 0.15) is 29.0 Å². The zero-order chi connectivity index (χ0) is 19.7. The average Bonchev–Trinajstić information content (AvgIpc) is 2.70. The summed E-state index contributed by atoms with van der Waals surface area (Å²) in [6.07, 6.45) is 0.501. The van der Waals surface area contributed by atoms with E-state index >= 15 is 0 Å². The second kappa shape index (κ2) is 7.70. The Balaban J connectivity index is 1.93. The molecule has 1 atom stereocenters. The zero-order valence-electron chi connectivity index (χ0n) is 16.1. The Kier molecular flexibility index (Phi) is 5.28. The normalized spacial score (nSPS) is 15.8. The number of hydrogen-bond donors (Lipinski definition) is 1. The number of fused-ring (bicyclic) bond motifs is 2. The first-order chi connectivity index (χ1) is 13.5. The average molecular weight is 394 g/mol. The fourth-order valence-electron chi connectivity index (χ4n) is 4.03. The molecule has 4 heteroatoms. The molecule has 3 aromatic rings. The van der Waals surface area contributed by atoms with Crippen LogP contribution in [0.25, 0.3) is 0 Å². The Morgan fingerprint density at radius 2 is 1.54 bits per heavy atom. The summed E-state index contributed by atoms with van der Waals surface area (Å²) in [6, 6.07) is 22.9. The van der Waals surface area contributed by atoms with E-state index in [1.165, 1.54) is 12.1 Å². The maximum atomic E-state index is 14.1. The summed E-state index contributed by atoms with van der Waals surface area (Å²) in [6.45, 7) is 0.695. The molecule has 0 spiro atoms. The molecule has 4 rings (SSSR count). The van der Waals surface area contributed by atoms with Crippen molar-refractivity contribution in [1.29, 1.82) is 0 Å². The van der Waals surface area contributed by atoms with Crippen molar-refractivity contribution in [2.45, 2.75) is 27.7 Å². The number of nitrogens with zero attached hydrogens (tertiary/aromatic N) is 1. The molecule has 1 unspecified atom stereocenters. The van der Waals surface area contributed by atoms with Gasteiger partial charge in [-0.05, 0) is 61.5 Å². The molecule has 3 aromatic carbocycles. The lowest BCUT2D eigenvalue weighted by Crippen LogP contribution is -2.38. The second-order valence-corrected chi connectivity index (χ2v) is 8.68. The van der Waals surface area contributed by atoms with Crippen LogP contribution < -0.4 is 0 Å². The van der Waals surface area contributed by atoms with Crippen LogP contribution in [0.15, 0.2) is 82.6 Å². The Bertz CT molecular complexity index is 944. The van der Waals surface area contributed by atoms with Gasteiger partial charge < -0.3 is 10.0 Å². The molecule has 28 heavy (non-hydrogen) atoms. The minimum atomic E-state index is -1.22. The van der Waals surface area contributed by atoms with Crippen LogP contribution in [-0.4, -0.2) is 30.6 Å². The lowest BCUT2D eigenvalue weighted by molar-refractivity contribution is 0.00262. The molecule has 0 saturated carbocycles. The second-order valence-electron chi connectivity index (χ2n) is 7.60. The molecule has 1 aliphatic rings. The van der Waals surface area contributed by atoms with Crippen molar-refractivity contribution >= 4 is 11.8 Å². The van der Waals surface area contributed by atoms with Crippen LogP contribution in [0.2, 0.25) is 0 Å². The molecule has 0 aromatic heterocycles. The van der Waals surface area contributed by atoms with Gasteiger partial charge in [0, 0.05) is 22.3 Å². The van der Waals surface area contributed by atoms with E-state index in [4.69, 9.17) is 0 Å². The van der Waals surface area contributed by atoms with Crippen molar-refractivity contribution in [3.8, 4) is 0 Å². The highest BCUT2D eigenvalue weighted by molar-refractivity contribution is 7.99. The van der Waals surface area contributed by atoms with Crippen molar-refractivity contribution in [3.63, 3.8) is 0 Å². The van der Waals surface area contributed by atoms with Crippen LogP contribution in [-0.2, 0) is 5.60 Å². The molecule has 0 saturated heterocycles. The van der Waals surface area contributed by atoms with Crippen molar-refractivity contribution in [1.82, 2.24) is 4.90 Å². The molecule has 0 bridgehead atoms. The van der Waals surface area contributed by atoms with Gasteiger partial charge in [0.15, 0.2) is 0 Å². The number of halogens is 1. The fourth-order valence-corrected chi connectivity index (χ4v) is 5.17.